The Labute approximate surface area is 148 Å². The molecule has 3 N–H and O–H groups in total. The Bertz CT molecular complexity index is 458. The van der Waals surface area contributed by atoms with Crippen molar-refractivity contribution >= 4 is 6.08 Å². The van der Waals surface area contributed by atoms with Gasteiger partial charge >= 0.3 is 0 Å². The fourth-order valence-corrected chi connectivity index (χ4v) is 2.87. The lowest BCUT2D eigenvalue weighted by Crippen LogP contribution is -3.14. The van der Waals surface area contributed by atoms with Gasteiger partial charge in [0.25, 0.3) is 0 Å². The van der Waals surface area contributed by atoms with Gasteiger partial charge in [-0.15, -0.1) is 0 Å². The number of hydrogen-bond donors (Lipinski definition) is 3. The van der Waals surface area contributed by atoms with Crippen LogP contribution in [0.4, 0.5) is 0 Å². The van der Waals surface area contributed by atoms with Crippen LogP contribution in [0.5, 0.6) is 5.75 Å². The predicted molar refractivity (Wildman–Crippen MR) is 102 cm³/mol. The number of nitrogens with one attached hydrogen (secondary N) is 3. The van der Waals surface area contributed by atoms with Crippen LogP contribution in [-0.2, 0) is 0 Å². The molecule has 0 spiro atoms. The lowest BCUT2D eigenvalue weighted by molar-refractivity contribution is -0.909. The molecule has 0 saturated heterocycles. The average Bonchev–Trinajstić information content (AvgIpc) is 2.54. The van der Waals surface area contributed by atoms with Gasteiger partial charge in [-0.1, -0.05) is 18.2 Å². The van der Waals surface area contributed by atoms with Crippen molar-refractivity contribution < 1.29 is 19.4 Å². The molecule has 0 aliphatic carbocycles. The molecule has 0 aliphatic heterocycles. The van der Waals surface area contributed by atoms with E-state index >= 15 is 0 Å². The van der Waals surface area contributed by atoms with E-state index in [-0.39, 0.29) is 0 Å². The molecule has 0 unspecified atom stereocenters. The van der Waals surface area contributed by atoms with E-state index in [0.717, 1.165) is 17.9 Å². The van der Waals surface area contributed by atoms with Gasteiger partial charge in [-0.3, -0.25) is 0 Å². The fraction of sp³-hybridized carbons (Fsp3) is 0.600. The Morgan fingerprint density at radius 2 is 1.46 bits per heavy atom. The zero-order valence-corrected chi connectivity index (χ0v) is 16.3. The van der Waals surface area contributed by atoms with Crippen LogP contribution in [0, 0.1) is 0 Å². The first-order valence-electron chi connectivity index (χ1n) is 9.24. The maximum atomic E-state index is 5.42. The fourth-order valence-electron chi connectivity index (χ4n) is 2.87. The molecule has 4 heteroatoms. The number of ether oxygens (including phenoxy) is 1. The first kappa shape index (κ1) is 20.7. The summed E-state index contributed by atoms with van der Waals surface area (Å²) < 4.78 is 5.42. The summed E-state index contributed by atoms with van der Waals surface area (Å²) in [7, 11) is 10.7. The molecule has 1 aromatic carbocycles. The summed E-state index contributed by atoms with van der Waals surface area (Å²) in [6.45, 7) is 6.09. The number of benzene rings is 1. The van der Waals surface area contributed by atoms with Crippen molar-refractivity contribution in [3.63, 3.8) is 0 Å². The molecule has 0 amide bonds. The topological polar surface area (TPSA) is 22.6 Å². The predicted octanol–water partition coefficient (Wildman–Crippen LogP) is -1.34. The zero-order valence-electron chi connectivity index (χ0n) is 16.3. The van der Waals surface area contributed by atoms with E-state index in [1.807, 2.05) is 12.1 Å². The number of para-hydroxylation sites is 1. The summed E-state index contributed by atoms with van der Waals surface area (Å²) in [6, 6.07) is 8.21. The molecule has 1 rings (SSSR count). The van der Waals surface area contributed by atoms with Gasteiger partial charge in [0, 0.05) is 18.4 Å². The van der Waals surface area contributed by atoms with Crippen LogP contribution in [0.3, 0.4) is 0 Å². The zero-order chi connectivity index (χ0) is 17.8. The molecule has 136 valence electrons. The molecule has 0 bridgehead atoms. The molecular formula is C20H38N3O+3. The van der Waals surface area contributed by atoms with Crippen molar-refractivity contribution in [2.45, 2.75) is 12.8 Å². The third kappa shape index (κ3) is 9.06. The van der Waals surface area contributed by atoms with Gasteiger partial charge in [0.2, 0.25) is 0 Å². The van der Waals surface area contributed by atoms with Crippen LogP contribution >= 0.6 is 0 Å². The van der Waals surface area contributed by atoms with E-state index in [1.54, 1.807) is 12.0 Å². The molecular weight excluding hydrogens is 298 g/mol. The minimum absolute atomic E-state index is 0.947. The van der Waals surface area contributed by atoms with Gasteiger partial charge in [-0.05, 0) is 18.2 Å². The summed E-state index contributed by atoms with van der Waals surface area (Å²) in [5, 5.41) is 0. The highest BCUT2D eigenvalue weighted by atomic mass is 16.5. The second-order valence-electron chi connectivity index (χ2n) is 7.22. The normalized spacial score (nSPS) is 12.0. The molecule has 24 heavy (non-hydrogen) atoms. The molecule has 0 aliphatic rings. The number of methoxy groups -OCH3 is 1. The number of hydrogen-bond acceptors (Lipinski definition) is 1. The molecule has 0 fully saturated rings. The second kappa shape index (κ2) is 12.1. The smallest absolute Gasteiger partial charge is 0.126 e. The van der Waals surface area contributed by atoms with Crippen molar-refractivity contribution in [1.82, 2.24) is 0 Å². The largest absolute Gasteiger partial charge is 0.496 e. The van der Waals surface area contributed by atoms with Gasteiger partial charge < -0.3 is 19.4 Å². The molecule has 4 nitrogen and oxygen atoms in total. The van der Waals surface area contributed by atoms with E-state index in [2.05, 4.69) is 52.5 Å². The minimum atomic E-state index is 0.947. The van der Waals surface area contributed by atoms with Gasteiger partial charge in [0.1, 0.15) is 5.75 Å². The van der Waals surface area contributed by atoms with Gasteiger partial charge in [-0.2, -0.15) is 0 Å². The second-order valence-corrected chi connectivity index (χ2v) is 7.22. The van der Waals surface area contributed by atoms with Crippen molar-refractivity contribution in [3.05, 3.63) is 35.9 Å². The van der Waals surface area contributed by atoms with Crippen molar-refractivity contribution in [2.24, 2.45) is 0 Å². The summed E-state index contributed by atoms with van der Waals surface area (Å²) in [4.78, 5) is 4.76. The molecule has 0 aromatic heterocycles. The number of quaternary nitrogens is 3. The summed E-state index contributed by atoms with van der Waals surface area (Å²) >= 11 is 0. The molecule has 0 atom stereocenters. The van der Waals surface area contributed by atoms with Gasteiger partial charge in [0.15, 0.2) is 0 Å². The molecule has 0 saturated carbocycles. The third-order valence-electron chi connectivity index (χ3n) is 4.26. The lowest BCUT2D eigenvalue weighted by Gasteiger charge is -2.19. The number of rotatable bonds is 12. The van der Waals surface area contributed by atoms with Crippen molar-refractivity contribution in [3.8, 4) is 5.75 Å². The lowest BCUT2D eigenvalue weighted by atomic mass is 10.2. The van der Waals surface area contributed by atoms with Crippen LogP contribution in [0.1, 0.15) is 18.4 Å². The summed E-state index contributed by atoms with van der Waals surface area (Å²) in [5.74, 6) is 0.947. The minimum Gasteiger partial charge on any atom is -0.496 e. The standard InChI is InChI=1S/C20H35N3O/c1-21(2)14-9-17-23(18-10-15-22(3)4)16-8-12-19-11-6-7-13-20(19)24-5/h6-8,11-13H,9-10,14-18H2,1-5H3/p+3/b12-8+. The van der Waals surface area contributed by atoms with Crippen LogP contribution in [0.25, 0.3) is 6.08 Å². The molecule has 0 radical (unpaired) electrons. The maximum Gasteiger partial charge on any atom is 0.126 e. The van der Waals surface area contributed by atoms with E-state index in [1.165, 1.54) is 48.8 Å². The highest BCUT2D eigenvalue weighted by Gasteiger charge is 2.09. The van der Waals surface area contributed by atoms with Crippen LogP contribution in [-0.4, -0.2) is 68.0 Å². The molecule has 1 aromatic rings. The first-order valence-corrected chi connectivity index (χ1v) is 9.24. The van der Waals surface area contributed by atoms with E-state index in [9.17, 15) is 0 Å². The van der Waals surface area contributed by atoms with E-state index in [4.69, 9.17) is 4.74 Å². The Kier molecular flexibility index (Phi) is 10.4. The van der Waals surface area contributed by atoms with Crippen molar-refractivity contribution in [1.29, 1.82) is 0 Å². The first-order chi connectivity index (χ1) is 11.5. The Morgan fingerprint density at radius 1 is 0.875 bits per heavy atom. The SMILES string of the molecule is COc1ccccc1/C=C/C[NH+](CCC[NH+](C)C)CCC[NH+](C)C. The van der Waals surface area contributed by atoms with Crippen LogP contribution in [0.15, 0.2) is 30.3 Å². The van der Waals surface area contributed by atoms with Crippen LogP contribution < -0.4 is 19.4 Å². The average molecular weight is 337 g/mol. The molecule has 0 heterocycles. The van der Waals surface area contributed by atoms with Crippen molar-refractivity contribution in [2.75, 3.05) is 68.0 Å². The van der Waals surface area contributed by atoms with Gasteiger partial charge in [0.05, 0.1) is 68.0 Å². The van der Waals surface area contributed by atoms with Crippen LogP contribution in [0.2, 0.25) is 0 Å². The Balaban J connectivity index is 2.53. The third-order valence-corrected chi connectivity index (χ3v) is 4.26. The monoisotopic (exact) mass is 336 g/mol. The maximum absolute atomic E-state index is 5.42. The highest BCUT2D eigenvalue weighted by Crippen LogP contribution is 2.18. The Hall–Kier alpha value is -1.36. The van der Waals surface area contributed by atoms with E-state index < -0.39 is 0 Å². The van der Waals surface area contributed by atoms with Gasteiger partial charge in [-0.25, -0.2) is 0 Å². The summed E-state index contributed by atoms with van der Waals surface area (Å²) in [5.41, 5.74) is 1.16. The van der Waals surface area contributed by atoms with E-state index in [0.29, 0.717) is 0 Å². The Morgan fingerprint density at radius 3 is 2.00 bits per heavy atom. The summed E-state index contributed by atoms with van der Waals surface area (Å²) in [6.07, 6.45) is 7.08. The highest BCUT2D eigenvalue weighted by molar-refractivity contribution is 5.57. The quantitative estimate of drug-likeness (QED) is 0.432.